The molecule has 0 saturated carbocycles. The largest absolute Gasteiger partial charge is 0.354 e. The minimum absolute atomic E-state index is 0.313. The molecule has 1 aliphatic heterocycles. The third-order valence-corrected chi connectivity index (χ3v) is 3.64. The third kappa shape index (κ3) is 2.35. The Kier molecular flexibility index (Phi) is 3.23. The summed E-state index contributed by atoms with van der Waals surface area (Å²) >= 11 is 0. The molecule has 3 rings (SSSR count). The summed E-state index contributed by atoms with van der Waals surface area (Å²) in [5.41, 5.74) is 2.74. The highest BCUT2D eigenvalue weighted by atomic mass is 15.4. The van der Waals surface area contributed by atoms with Crippen molar-refractivity contribution in [1.82, 2.24) is 14.8 Å². The first-order valence-corrected chi connectivity index (χ1v) is 7.04. The van der Waals surface area contributed by atoms with E-state index in [1.54, 1.807) is 0 Å². The minimum Gasteiger partial charge on any atom is -0.354 e. The first-order chi connectivity index (χ1) is 9.28. The number of fused-ring (bicyclic) bond motifs is 1. The van der Waals surface area contributed by atoms with E-state index in [1.807, 2.05) is 11.6 Å². The summed E-state index contributed by atoms with van der Waals surface area (Å²) in [6.07, 6.45) is 3.40. The van der Waals surface area contributed by atoms with Gasteiger partial charge in [-0.15, -0.1) is 0 Å². The van der Waals surface area contributed by atoms with Crippen molar-refractivity contribution in [2.75, 3.05) is 11.9 Å². The van der Waals surface area contributed by atoms with Gasteiger partial charge in [-0.05, 0) is 30.9 Å². The molecule has 1 aliphatic rings. The number of nitrogens with zero attached hydrogens (tertiary/aromatic N) is 3. The Morgan fingerprint density at radius 2 is 2.11 bits per heavy atom. The zero-order valence-corrected chi connectivity index (χ0v) is 11.6. The summed E-state index contributed by atoms with van der Waals surface area (Å²) in [5.74, 6) is 1.73. The lowest BCUT2D eigenvalue weighted by Gasteiger charge is -2.24. The Bertz CT molecular complexity index is 556. The molecule has 0 radical (unpaired) electrons. The second kappa shape index (κ2) is 5.03. The zero-order valence-electron chi connectivity index (χ0n) is 11.6. The normalized spacial score (nSPS) is 17.9. The van der Waals surface area contributed by atoms with E-state index in [0.717, 1.165) is 31.2 Å². The van der Waals surface area contributed by atoms with Crippen molar-refractivity contribution < 1.29 is 0 Å². The van der Waals surface area contributed by atoms with Crippen LogP contribution in [0.5, 0.6) is 0 Å². The summed E-state index contributed by atoms with van der Waals surface area (Å²) in [5, 5.41) is 7.82. The van der Waals surface area contributed by atoms with E-state index in [4.69, 9.17) is 0 Å². The molecule has 0 fully saturated rings. The Morgan fingerprint density at radius 3 is 2.84 bits per heavy atom. The van der Waals surface area contributed by atoms with Crippen molar-refractivity contribution in [3.63, 3.8) is 0 Å². The maximum Gasteiger partial charge on any atom is 0.221 e. The van der Waals surface area contributed by atoms with Crippen LogP contribution in [0.25, 0.3) is 0 Å². The molecule has 4 heteroatoms. The predicted molar refractivity (Wildman–Crippen MR) is 76.4 cm³/mol. The molecular formula is C15H20N4. The zero-order chi connectivity index (χ0) is 13.2. The molecule has 2 heterocycles. The molecule has 4 nitrogen and oxygen atoms in total. The van der Waals surface area contributed by atoms with Crippen LogP contribution in [-0.2, 0) is 6.42 Å². The number of hydrogen-bond acceptors (Lipinski definition) is 3. The van der Waals surface area contributed by atoms with Crippen LogP contribution in [0.3, 0.4) is 0 Å². The van der Waals surface area contributed by atoms with Gasteiger partial charge in [-0.3, -0.25) is 0 Å². The maximum absolute atomic E-state index is 4.51. The van der Waals surface area contributed by atoms with Crippen LogP contribution in [-0.4, -0.2) is 21.3 Å². The van der Waals surface area contributed by atoms with Gasteiger partial charge in [0.2, 0.25) is 5.95 Å². The fourth-order valence-corrected chi connectivity index (χ4v) is 2.71. The molecule has 1 unspecified atom stereocenters. The van der Waals surface area contributed by atoms with Crippen LogP contribution >= 0.6 is 0 Å². The van der Waals surface area contributed by atoms with Gasteiger partial charge in [0.15, 0.2) is 0 Å². The van der Waals surface area contributed by atoms with E-state index in [9.17, 15) is 0 Å². The first kappa shape index (κ1) is 12.2. The van der Waals surface area contributed by atoms with E-state index in [-0.39, 0.29) is 0 Å². The Morgan fingerprint density at radius 1 is 1.32 bits per heavy atom. The van der Waals surface area contributed by atoms with Crippen molar-refractivity contribution in [2.45, 2.75) is 39.2 Å². The van der Waals surface area contributed by atoms with Crippen LogP contribution in [0.4, 0.5) is 5.95 Å². The minimum atomic E-state index is 0.313. The third-order valence-electron chi connectivity index (χ3n) is 3.64. The molecule has 0 spiro atoms. The van der Waals surface area contributed by atoms with Gasteiger partial charge in [-0.25, -0.2) is 4.68 Å². The molecule has 2 aromatic rings. The van der Waals surface area contributed by atoms with Gasteiger partial charge in [0.05, 0.1) is 6.04 Å². The molecule has 100 valence electrons. The van der Waals surface area contributed by atoms with Crippen LogP contribution in [0.2, 0.25) is 0 Å². The SMILES string of the molecule is CCCc1ccc(C2CCNc3nc(C)nn32)cc1. The highest BCUT2D eigenvalue weighted by molar-refractivity contribution is 5.33. The molecular weight excluding hydrogens is 236 g/mol. The average molecular weight is 256 g/mol. The number of aromatic nitrogens is 3. The number of anilines is 1. The molecule has 0 saturated heterocycles. The van der Waals surface area contributed by atoms with Crippen LogP contribution in [0, 0.1) is 6.92 Å². The monoisotopic (exact) mass is 256 g/mol. The van der Waals surface area contributed by atoms with E-state index in [1.165, 1.54) is 17.5 Å². The molecule has 0 bridgehead atoms. The van der Waals surface area contributed by atoms with Crippen LogP contribution < -0.4 is 5.32 Å². The fraction of sp³-hybridized carbons (Fsp3) is 0.467. The lowest BCUT2D eigenvalue weighted by Crippen LogP contribution is -2.24. The number of benzene rings is 1. The molecule has 1 aromatic heterocycles. The fourth-order valence-electron chi connectivity index (χ4n) is 2.71. The lowest BCUT2D eigenvalue weighted by molar-refractivity contribution is 0.478. The topological polar surface area (TPSA) is 42.7 Å². The highest BCUT2D eigenvalue weighted by Gasteiger charge is 2.23. The van der Waals surface area contributed by atoms with Gasteiger partial charge in [-0.1, -0.05) is 37.6 Å². The number of rotatable bonds is 3. The number of nitrogens with one attached hydrogen (secondary N) is 1. The van der Waals surface area contributed by atoms with Crippen molar-refractivity contribution in [1.29, 1.82) is 0 Å². The molecule has 1 N–H and O–H groups in total. The summed E-state index contributed by atoms with van der Waals surface area (Å²) < 4.78 is 2.02. The van der Waals surface area contributed by atoms with Crippen molar-refractivity contribution in [3.8, 4) is 0 Å². The quantitative estimate of drug-likeness (QED) is 0.918. The smallest absolute Gasteiger partial charge is 0.221 e. The van der Waals surface area contributed by atoms with E-state index in [0.29, 0.717) is 6.04 Å². The lowest BCUT2D eigenvalue weighted by atomic mass is 10.00. The van der Waals surface area contributed by atoms with Crippen molar-refractivity contribution >= 4 is 5.95 Å². The standard InChI is InChI=1S/C15H20N4/c1-3-4-12-5-7-13(8-6-12)14-9-10-16-15-17-11(2)18-19(14)15/h5-8,14H,3-4,9-10H2,1-2H3,(H,16,17,18). The van der Waals surface area contributed by atoms with Gasteiger partial charge >= 0.3 is 0 Å². The molecule has 1 atom stereocenters. The Hall–Kier alpha value is -1.84. The second-order valence-corrected chi connectivity index (χ2v) is 5.15. The summed E-state index contributed by atoms with van der Waals surface area (Å²) in [4.78, 5) is 4.41. The summed E-state index contributed by atoms with van der Waals surface area (Å²) in [7, 11) is 0. The summed E-state index contributed by atoms with van der Waals surface area (Å²) in [6, 6.07) is 9.27. The van der Waals surface area contributed by atoms with Gasteiger partial charge in [-0.2, -0.15) is 10.1 Å². The van der Waals surface area contributed by atoms with E-state index >= 15 is 0 Å². The summed E-state index contributed by atoms with van der Waals surface area (Å²) in [6.45, 7) is 5.11. The van der Waals surface area contributed by atoms with Crippen LogP contribution in [0.15, 0.2) is 24.3 Å². The molecule has 0 amide bonds. The predicted octanol–water partition coefficient (Wildman–Crippen LogP) is 2.94. The van der Waals surface area contributed by atoms with E-state index < -0.39 is 0 Å². The van der Waals surface area contributed by atoms with Crippen molar-refractivity contribution in [2.24, 2.45) is 0 Å². The molecule has 19 heavy (non-hydrogen) atoms. The highest BCUT2D eigenvalue weighted by Crippen LogP contribution is 2.28. The van der Waals surface area contributed by atoms with Crippen LogP contribution in [0.1, 0.15) is 42.8 Å². The van der Waals surface area contributed by atoms with Gasteiger partial charge in [0.1, 0.15) is 5.82 Å². The van der Waals surface area contributed by atoms with E-state index in [2.05, 4.69) is 46.6 Å². The Labute approximate surface area is 113 Å². The first-order valence-electron chi connectivity index (χ1n) is 7.04. The van der Waals surface area contributed by atoms with Gasteiger partial charge in [0, 0.05) is 6.54 Å². The average Bonchev–Trinajstić information content (AvgIpc) is 2.80. The molecule has 0 aliphatic carbocycles. The number of hydrogen-bond donors (Lipinski definition) is 1. The number of aryl methyl sites for hydroxylation is 2. The molecule has 1 aromatic carbocycles. The second-order valence-electron chi connectivity index (χ2n) is 5.15. The van der Waals surface area contributed by atoms with Crippen molar-refractivity contribution in [3.05, 3.63) is 41.2 Å². The van der Waals surface area contributed by atoms with Gasteiger partial charge < -0.3 is 5.32 Å². The maximum atomic E-state index is 4.51. The Balaban J connectivity index is 1.90. The van der Waals surface area contributed by atoms with Gasteiger partial charge in [0.25, 0.3) is 0 Å².